The van der Waals surface area contributed by atoms with Crippen LogP contribution in [-0.4, -0.2) is 34.1 Å². The van der Waals surface area contributed by atoms with E-state index in [0.717, 1.165) is 12.8 Å². The quantitative estimate of drug-likeness (QED) is 0.765. The third kappa shape index (κ3) is 2.71. The van der Waals surface area contributed by atoms with Gasteiger partial charge in [0.2, 0.25) is 5.91 Å². The number of aliphatic hydroxyl groups is 1. The third-order valence-electron chi connectivity index (χ3n) is 3.80. The van der Waals surface area contributed by atoms with E-state index in [1.54, 1.807) is 0 Å². The summed E-state index contributed by atoms with van der Waals surface area (Å²) >= 11 is 0. The first-order valence-electron chi connectivity index (χ1n) is 6.30. The van der Waals surface area contributed by atoms with Gasteiger partial charge in [0.15, 0.2) is 0 Å². The summed E-state index contributed by atoms with van der Waals surface area (Å²) in [5.74, 6) is 0.156. The molecule has 0 unspecified atom stereocenters. The van der Waals surface area contributed by atoms with E-state index in [2.05, 4.69) is 34.3 Å². The van der Waals surface area contributed by atoms with Crippen LogP contribution in [0.4, 0.5) is 0 Å². The van der Waals surface area contributed by atoms with Crippen molar-refractivity contribution in [2.75, 3.05) is 6.61 Å². The van der Waals surface area contributed by atoms with Crippen LogP contribution in [0.15, 0.2) is 12.7 Å². The van der Waals surface area contributed by atoms with Gasteiger partial charge in [-0.05, 0) is 25.2 Å². The maximum Gasteiger partial charge on any atom is 0.223 e. The topological polar surface area (TPSA) is 40.5 Å². The second kappa shape index (κ2) is 4.81. The summed E-state index contributed by atoms with van der Waals surface area (Å²) in [7, 11) is 0. The average molecular weight is 239 g/mol. The highest BCUT2D eigenvalue weighted by atomic mass is 16.3. The molecule has 0 aromatic rings. The number of amides is 1. The minimum Gasteiger partial charge on any atom is -0.394 e. The molecule has 1 N–H and O–H groups in total. The van der Waals surface area contributed by atoms with Gasteiger partial charge in [-0.3, -0.25) is 4.79 Å². The maximum absolute atomic E-state index is 12.1. The Morgan fingerprint density at radius 2 is 2.18 bits per heavy atom. The Morgan fingerprint density at radius 1 is 1.59 bits per heavy atom. The van der Waals surface area contributed by atoms with Gasteiger partial charge in [0.25, 0.3) is 0 Å². The van der Waals surface area contributed by atoms with Gasteiger partial charge in [0.1, 0.15) is 0 Å². The molecule has 1 amide bonds. The van der Waals surface area contributed by atoms with E-state index in [4.69, 9.17) is 0 Å². The van der Waals surface area contributed by atoms with E-state index in [1.165, 1.54) is 0 Å². The summed E-state index contributed by atoms with van der Waals surface area (Å²) in [6, 6.07) is -0.123. The van der Waals surface area contributed by atoms with E-state index >= 15 is 0 Å². The summed E-state index contributed by atoms with van der Waals surface area (Å²) in [4.78, 5) is 14.0. The van der Waals surface area contributed by atoms with E-state index in [9.17, 15) is 9.90 Å². The molecule has 0 spiro atoms. The Morgan fingerprint density at radius 3 is 2.59 bits per heavy atom. The lowest BCUT2D eigenvalue weighted by Crippen LogP contribution is -2.55. The lowest BCUT2D eigenvalue weighted by molar-refractivity contribution is -0.138. The van der Waals surface area contributed by atoms with Gasteiger partial charge in [-0.15, -0.1) is 6.58 Å². The predicted molar refractivity (Wildman–Crippen MR) is 69.6 cm³/mol. The first kappa shape index (κ1) is 14.2. The standard InChI is InChI=1S/C14H25NO2/c1-6-8-14(5)9-7-12(17)15(14)11(10-16)13(2,3)4/h6,11,16H,1,7-10H2,2-5H3/t11-,14+/m0/s1. The van der Waals surface area contributed by atoms with E-state index in [1.807, 2.05) is 11.0 Å². The molecular formula is C14H25NO2. The Bertz CT molecular complexity index is 306. The molecule has 1 fully saturated rings. The Kier molecular flexibility index (Phi) is 4.03. The number of aliphatic hydroxyl groups excluding tert-OH is 1. The number of carbonyl (C=O) groups excluding carboxylic acids is 1. The SMILES string of the molecule is C=CC[C@]1(C)CCC(=O)N1[C@@H](CO)C(C)(C)C. The Labute approximate surface area is 105 Å². The monoisotopic (exact) mass is 239 g/mol. The van der Waals surface area contributed by atoms with Crippen molar-refractivity contribution in [3.63, 3.8) is 0 Å². The van der Waals surface area contributed by atoms with Gasteiger partial charge < -0.3 is 10.0 Å². The Hall–Kier alpha value is -0.830. The fraction of sp³-hybridized carbons (Fsp3) is 0.786. The smallest absolute Gasteiger partial charge is 0.223 e. The summed E-state index contributed by atoms with van der Waals surface area (Å²) in [6.07, 6.45) is 4.08. The molecule has 0 aliphatic carbocycles. The summed E-state index contributed by atoms with van der Waals surface area (Å²) in [5, 5.41) is 9.62. The van der Waals surface area contributed by atoms with Gasteiger partial charge in [-0.2, -0.15) is 0 Å². The van der Waals surface area contributed by atoms with Crippen LogP contribution in [0.25, 0.3) is 0 Å². The van der Waals surface area contributed by atoms with E-state index in [0.29, 0.717) is 6.42 Å². The molecule has 2 atom stereocenters. The molecule has 98 valence electrons. The van der Waals surface area contributed by atoms with Crippen LogP contribution in [-0.2, 0) is 4.79 Å². The van der Waals surface area contributed by atoms with E-state index < -0.39 is 0 Å². The molecule has 1 aliphatic heterocycles. The minimum absolute atomic E-state index is 0.0158. The molecule has 0 aromatic carbocycles. The normalized spacial score (nSPS) is 27.4. The minimum atomic E-state index is -0.181. The predicted octanol–water partition coefficient (Wildman–Crippen LogP) is 2.35. The maximum atomic E-state index is 12.1. The highest BCUT2D eigenvalue weighted by molar-refractivity contribution is 5.80. The summed E-state index contributed by atoms with van der Waals surface area (Å²) < 4.78 is 0. The van der Waals surface area contributed by atoms with Gasteiger partial charge in [0.05, 0.1) is 12.6 Å². The van der Waals surface area contributed by atoms with Crippen LogP contribution in [0.1, 0.15) is 47.0 Å². The second-order valence-corrected chi connectivity index (χ2v) is 6.32. The number of nitrogens with zero attached hydrogens (tertiary/aromatic N) is 1. The van der Waals surface area contributed by atoms with Crippen LogP contribution in [0.2, 0.25) is 0 Å². The van der Waals surface area contributed by atoms with Crippen LogP contribution < -0.4 is 0 Å². The van der Waals surface area contributed by atoms with Gasteiger partial charge >= 0.3 is 0 Å². The lowest BCUT2D eigenvalue weighted by atomic mass is 9.83. The van der Waals surface area contributed by atoms with Gasteiger partial charge in [0, 0.05) is 12.0 Å². The first-order valence-corrected chi connectivity index (χ1v) is 6.30. The highest BCUT2D eigenvalue weighted by Gasteiger charge is 2.47. The zero-order valence-electron chi connectivity index (χ0n) is 11.5. The van der Waals surface area contributed by atoms with Gasteiger partial charge in [-0.1, -0.05) is 26.8 Å². The fourth-order valence-electron chi connectivity index (χ4n) is 2.72. The zero-order chi connectivity index (χ0) is 13.3. The zero-order valence-corrected chi connectivity index (χ0v) is 11.5. The number of hydrogen-bond acceptors (Lipinski definition) is 2. The average Bonchev–Trinajstić information content (AvgIpc) is 2.46. The van der Waals surface area contributed by atoms with Crippen molar-refractivity contribution in [3.8, 4) is 0 Å². The molecule has 1 heterocycles. The largest absolute Gasteiger partial charge is 0.394 e. The molecular weight excluding hydrogens is 214 g/mol. The molecule has 0 bridgehead atoms. The van der Waals surface area contributed by atoms with Crippen LogP contribution in [0, 0.1) is 5.41 Å². The van der Waals surface area contributed by atoms with Gasteiger partial charge in [-0.25, -0.2) is 0 Å². The number of rotatable bonds is 4. The van der Waals surface area contributed by atoms with Crippen molar-refractivity contribution in [1.29, 1.82) is 0 Å². The van der Waals surface area contributed by atoms with Crippen LogP contribution >= 0.6 is 0 Å². The third-order valence-corrected chi connectivity index (χ3v) is 3.80. The molecule has 17 heavy (non-hydrogen) atoms. The Balaban J connectivity index is 3.05. The van der Waals surface area contributed by atoms with Crippen molar-refractivity contribution < 1.29 is 9.90 Å². The lowest BCUT2D eigenvalue weighted by Gasteiger charge is -2.45. The molecule has 1 rings (SSSR count). The van der Waals surface area contributed by atoms with Crippen molar-refractivity contribution in [3.05, 3.63) is 12.7 Å². The fourth-order valence-corrected chi connectivity index (χ4v) is 2.72. The number of carbonyl (C=O) groups is 1. The second-order valence-electron chi connectivity index (χ2n) is 6.32. The van der Waals surface area contributed by atoms with Crippen molar-refractivity contribution >= 4 is 5.91 Å². The molecule has 1 saturated heterocycles. The van der Waals surface area contributed by atoms with Crippen molar-refractivity contribution in [2.24, 2.45) is 5.41 Å². The van der Waals surface area contributed by atoms with Crippen LogP contribution in [0.3, 0.4) is 0 Å². The molecule has 3 heteroatoms. The molecule has 0 aromatic heterocycles. The molecule has 0 radical (unpaired) electrons. The molecule has 0 saturated carbocycles. The molecule has 3 nitrogen and oxygen atoms in total. The highest BCUT2D eigenvalue weighted by Crippen LogP contribution is 2.39. The van der Waals surface area contributed by atoms with E-state index in [-0.39, 0.29) is 29.5 Å². The summed E-state index contributed by atoms with van der Waals surface area (Å²) in [5.41, 5.74) is -0.295. The first-order chi connectivity index (χ1) is 7.76. The van der Waals surface area contributed by atoms with Crippen molar-refractivity contribution in [1.82, 2.24) is 4.90 Å². The summed E-state index contributed by atoms with van der Waals surface area (Å²) in [6.45, 7) is 12.1. The number of hydrogen-bond donors (Lipinski definition) is 1. The van der Waals surface area contributed by atoms with Crippen LogP contribution in [0.5, 0.6) is 0 Å². The van der Waals surface area contributed by atoms with Crippen molar-refractivity contribution in [2.45, 2.75) is 58.5 Å². The number of likely N-dealkylation sites (tertiary alicyclic amines) is 1. The molecule has 1 aliphatic rings.